The highest BCUT2D eigenvalue weighted by Crippen LogP contribution is 2.18. The first-order chi connectivity index (χ1) is 8.80. The number of nitrogens with one attached hydrogen (secondary N) is 1. The van der Waals surface area contributed by atoms with Crippen molar-refractivity contribution in [2.75, 3.05) is 19.8 Å². The highest BCUT2D eigenvalue weighted by molar-refractivity contribution is 7.11. The maximum atomic E-state index is 5.69. The summed E-state index contributed by atoms with van der Waals surface area (Å²) in [5.41, 5.74) is 0. The van der Waals surface area contributed by atoms with E-state index >= 15 is 0 Å². The van der Waals surface area contributed by atoms with E-state index < -0.39 is 0 Å². The second-order valence-electron chi connectivity index (χ2n) is 4.65. The van der Waals surface area contributed by atoms with E-state index in [2.05, 4.69) is 38.2 Å². The molecule has 0 saturated heterocycles. The van der Waals surface area contributed by atoms with Gasteiger partial charge >= 0.3 is 0 Å². The Morgan fingerprint density at radius 2 is 1.94 bits per heavy atom. The normalized spacial score (nSPS) is 12.8. The molecular formula is C15H27NOS. The second kappa shape index (κ2) is 9.54. The average molecular weight is 269 g/mol. The van der Waals surface area contributed by atoms with Crippen molar-refractivity contribution in [2.45, 2.75) is 52.5 Å². The lowest BCUT2D eigenvalue weighted by atomic mass is 10.2. The van der Waals surface area contributed by atoms with Gasteiger partial charge in [0.1, 0.15) is 0 Å². The zero-order valence-corrected chi connectivity index (χ0v) is 12.8. The molecule has 1 aromatic heterocycles. The Morgan fingerprint density at radius 3 is 2.56 bits per heavy atom. The van der Waals surface area contributed by atoms with Crippen LogP contribution >= 0.6 is 11.3 Å². The fourth-order valence-electron chi connectivity index (χ4n) is 1.87. The summed E-state index contributed by atoms with van der Waals surface area (Å²) in [5.74, 6) is 0. The minimum absolute atomic E-state index is 0.458. The van der Waals surface area contributed by atoms with E-state index in [0.29, 0.717) is 6.04 Å². The van der Waals surface area contributed by atoms with Gasteiger partial charge in [-0.25, -0.2) is 0 Å². The Balaban J connectivity index is 2.42. The predicted molar refractivity (Wildman–Crippen MR) is 80.6 cm³/mol. The molecule has 1 N–H and O–H groups in total. The third kappa shape index (κ3) is 5.98. The lowest BCUT2D eigenvalue weighted by molar-refractivity contribution is 0.112. The van der Waals surface area contributed by atoms with Gasteiger partial charge in [0.2, 0.25) is 0 Å². The molecule has 1 atom stereocenters. The van der Waals surface area contributed by atoms with Crippen LogP contribution in [0.15, 0.2) is 12.1 Å². The van der Waals surface area contributed by atoms with E-state index in [0.717, 1.165) is 39.0 Å². The van der Waals surface area contributed by atoms with Gasteiger partial charge in [0, 0.05) is 22.4 Å². The summed E-state index contributed by atoms with van der Waals surface area (Å²) in [7, 11) is 0. The van der Waals surface area contributed by atoms with Crippen LogP contribution in [0, 0.1) is 0 Å². The summed E-state index contributed by atoms with van der Waals surface area (Å²) in [6.07, 6.45) is 4.51. The van der Waals surface area contributed by atoms with Gasteiger partial charge in [-0.3, -0.25) is 0 Å². The Labute approximate surface area is 116 Å². The van der Waals surface area contributed by atoms with E-state index in [4.69, 9.17) is 4.74 Å². The molecule has 0 radical (unpaired) electrons. The number of ether oxygens (including phenoxy) is 1. The van der Waals surface area contributed by atoms with Crippen LogP contribution in [0.25, 0.3) is 0 Å². The Bertz CT molecular complexity index is 311. The molecule has 0 amide bonds. The number of hydrogen-bond acceptors (Lipinski definition) is 3. The first kappa shape index (κ1) is 15.7. The lowest BCUT2D eigenvalue weighted by Crippen LogP contribution is -2.35. The SMILES string of the molecule is CCCNC(COCCC)Cc1ccc(CC)s1. The van der Waals surface area contributed by atoms with Gasteiger partial charge in [0.25, 0.3) is 0 Å². The van der Waals surface area contributed by atoms with E-state index in [1.54, 1.807) is 0 Å². The van der Waals surface area contributed by atoms with Crippen molar-refractivity contribution < 1.29 is 4.74 Å². The van der Waals surface area contributed by atoms with Gasteiger partial charge < -0.3 is 10.1 Å². The molecule has 0 aromatic carbocycles. The van der Waals surface area contributed by atoms with Gasteiger partial charge in [-0.15, -0.1) is 11.3 Å². The number of rotatable bonds is 10. The fraction of sp³-hybridized carbons (Fsp3) is 0.733. The van der Waals surface area contributed by atoms with Gasteiger partial charge in [-0.05, 0) is 44.4 Å². The number of aryl methyl sites for hydroxylation is 1. The van der Waals surface area contributed by atoms with Crippen molar-refractivity contribution >= 4 is 11.3 Å². The Kier molecular flexibility index (Phi) is 8.31. The molecule has 0 saturated carbocycles. The average Bonchev–Trinajstić information content (AvgIpc) is 2.83. The van der Waals surface area contributed by atoms with Crippen molar-refractivity contribution in [1.29, 1.82) is 0 Å². The van der Waals surface area contributed by atoms with Crippen LogP contribution in [0.1, 0.15) is 43.4 Å². The van der Waals surface area contributed by atoms with Crippen LogP contribution in [0.5, 0.6) is 0 Å². The summed E-state index contributed by atoms with van der Waals surface area (Å²) >= 11 is 1.94. The molecule has 0 aliphatic carbocycles. The Hall–Kier alpha value is -0.380. The smallest absolute Gasteiger partial charge is 0.0623 e. The quantitative estimate of drug-likeness (QED) is 0.655. The van der Waals surface area contributed by atoms with Crippen LogP contribution in [-0.2, 0) is 17.6 Å². The van der Waals surface area contributed by atoms with E-state index in [9.17, 15) is 0 Å². The molecule has 1 rings (SSSR count). The molecule has 3 heteroatoms. The van der Waals surface area contributed by atoms with Crippen molar-refractivity contribution in [3.63, 3.8) is 0 Å². The standard InChI is InChI=1S/C15H27NOS/c1-4-9-16-13(12-17-10-5-2)11-15-8-7-14(6-3)18-15/h7-8,13,16H,4-6,9-12H2,1-3H3. The third-order valence-corrected chi connectivity index (χ3v) is 4.12. The zero-order chi connectivity index (χ0) is 13.2. The molecule has 0 fully saturated rings. The third-order valence-electron chi connectivity index (χ3n) is 2.86. The molecule has 104 valence electrons. The molecule has 0 aliphatic heterocycles. The molecule has 1 unspecified atom stereocenters. The molecule has 2 nitrogen and oxygen atoms in total. The lowest BCUT2D eigenvalue weighted by Gasteiger charge is -2.17. The largest absolute Gasteiger partial charge is 0.380 e. The maximum Gasteiger partial charge on any atom is 0.0623 e. The van der Waals surface area contributed by atoms with Crippen molar-refractivity contribution in [1.82, 2.24) is 5.32 Å². The van der Waals surface area contributed by atoms with Crippen molar-refractivity contribution in [2.24, 2.45) is 0 Å². The second-order valence-corrected chi connectivity index (χ2v) is 5.90. The number of hydrogen-bond donors (Lipinski definition) is 1. The summed E-state index contributed by atoms with van der Waals surface area (Å²) in [6.45, 7) is 9.35. The molecule has 18 heavy (non-hydrogen) atoms. The molecule has 0 bridgehead atoms. The molecule has 0 aliphatic rings. The predicted octanol–water partition coefficient (Wildman–Crippen LogP) is 3.65. The van der Waals surface area contributed by atoms with Gasteiger partial charge in [-0.2, -0.15) is 0 Å². The van der Waals surface area contributed by atoms with Crippen molar-refractivity contribution in [3.05, 3.63) is 21.9 Å². The summed E-state index contributed by atoms with van der Waals surface area (Å²) in [6, 6.07) is 4.98. The summed E-state index contributed by atoms with van der Waals surface area (Å²) in [4.78, 5) is 2.95. The van der Waals surface area contributed by atoms with Gasteiger partial charge in [0.05, 0.1) is 6.61 Å². The van der Waals surface area contributed by atoms with Gasteiger partial charge in [-0.1, -0.05) is 20.8 Å². The monoisotopic (exact) mass is 269 g/mol. The first-order valence-electron chi connectivity index (χ1n) is 7.18. The zero-order valence-electron chi connectivity index (χ0n) is 12.0. The highest BCUT2D eigenvalue weighted by Gasteiger charge is 2.10. The molecule has 1 aromatic rings. The van der Waals surface area contributed by atoms with Gasteiger partial charge in [0.15, 0.2) is 0 Å². The summed E-state index contributed by atoms with van der Waals surface area (Å²) in [5, 5.41) is 3.59. The summed E-state index contributed by atoms with van der Waals surface area (Å²) < 4.78 is 5.69. The van der Waals surface area contributed by atoms with Crippen molar-refractivity contribution in [3.8, 4) is 0 Å². The molecule has 0 spiro atoms. The fourth-order valence-corrected chi connectivity index (χ4v) is 2.91. The maximum absolute atomic E-state index is 5.69. The van der Waals surface area contributed by atoms with Crippen LogP contribution < -0.4 is 5.32 Å². The highest BCUT2D eigenvalue weighted by atomic mass is 32.1. The minimum atomic E-state index is 0.458. The minimum Gasteiger partial charge on any atom is -0.380 e. The molecule has 1 heterocycles. The van der Waals surface area contributed by atoms with Crippen LogP contribution in [0.3, 0.4) is 0 Å². The topological polar surface area (TPSA) is 21.3 Å². The van der Waals surface area contributed by atoms with Crippen LogP contribution in [-0.4, -0.2) is 25.8 Å². The van der Waals surface area contributed by atoms with E-state index in [1.807, 2.05) is 11.3 Å². The van der Waals surface area contributed by atoms with Crippen LogP contribution in [0.2, 0.25) is 0 Å². The Morgan fingerprint density at radius 1 is 1.17 bits per heavy atom. The van der Waals surface area contributed by atoms with Crippen LogP contribution in [0.4, 0.5) is 0 Å². The van der Waals surface area contributed by atoms with E-state index in [-0.39, 0.29) is 0 Å². The first-order valence-corrected chi connectivity index (χ1v) is 8.00. The molecular weight excluding hydrogens is 242 g/mol. The number of thiophene rings is 1. The van der Waals surface area contributed by atoms with E-state index in [1.165, 1.54) is 16.2 Å².